The van der Waals surface area contributed by atoms with E-state index in [1.54, 1.807) is 0 Å². The van der Waals surface area contributed by atoms with Crippen molar-refractivity contribution in [3.63, 3.8) is 0 Å². The van der Waals surface area contributed by atoms with E-state index in [9.17, 15) is 17.6 Å². The standard InChI is InChI=1S/C18H20ClFN2O5S/c1-11(18(23)21-12-5-7-15(20)14(19)9-12)22(28(4,24)25)13-6-8-16(26-2)17(10-13)27-3/h5-11H,1-4H3,(H,21,23). The van der Waals surface area contributed by atoms with E-state index in [2.05, 4.69) is 5.32 Å². The highest BCUT2D eigenvalue weighted by Gasteiger charge is 2.30. The van der Waals surface area contributed by atoms with Crippen molar-refractivity contribution in [2.45, 2.75) is 13.0 Å². The average molecular weight is 431 g/mol. The fourth-order valence-electron chi connectivity index (χ4n) is 2.59. The number of hydrogen-bond donors (Lipinski definition) is 1. The lowest BCUT2D eigenvalue weighted by Crippen LogP contribution is -2.45. The number of methoxy groups -OCH3 is 2. The Labute approximate surface area is 168 Å². The first kappa shape index (κ1) is 21.8. The zero-order valence-corrected chi connectivity index (χ0v) is 17.3. The van der Waals surface area contributed by atoms with Crippen LogP contribution in [0.5, 0.6) is 11.5 Å². The average Bonchev–Trinajstić information content (AvgIpc) is 2.63. The predicted octanol–water partition coefficient (Wildman–Crippen LogP) is 3.29. The molecule has 1 N–H and O–H groups in total. The van der Waals surface area contributed by atoms with Crippen LogP contribution in [0.3, 0.4) is 0 Å². The van der Waals surface area contributed by atoms with Gasteiger partial charge in [-0.15, -0.1) is 0 Å². The number of ether oxygens (including phenoxy) is 2. The maximum atomic E-state index is 13.3. The van der Waals surface area contributed by atoms with Gasteiger partial charge < -0.3 is 14.8 Å². The first-order valence-electron chi connectivity index (χ1n) is 8.05. The maximum absolute atomic E-state index is 13.3. The number of carbonyl (C=O) groups is 1. The molecule has 0 fully saturated rings. The van der Waals surface area contributed by atoms with Gasteiger partial charge in [-0.05, 0) is 37.3 Å². The Bertz CT molecular complexity index is 984. The van der Waals surface area contributed by atoms with Gasteiger partial charge in [0.15, 0.2) is 11.5 Å². The Morgan fingerprint density at radius 1 is 1.14 bits per heavy atom. The number of anilines is 2. The van der Waals surface area contributed by atoms with Gasteiger partial charge in [0.25, 0.3) is 0 Å². The summed E-state index contributed by atoms with van der Waals surface area (Å²) in [5.74, 6) is -0.525. The summed E-state index contributed by atoms with van der Waals surface area (Å²) in [4.78, 5) is 12.6. The Morgan fingerprint density at radius 3 is 2.32 bits per heavy atom. The molecule has 7 nitrogen and oxygen atoms in total. The van der Waals surface area contributed by atoms with Crippen LogP contribution in [-0.4, -0.2) is 40.8 Å². The summed E-state index contributed by atoms with van der Waals surface area (Å²) in [5.41, 5.74) is 0.462. The first-order valence-corrected chi connectivity index (χ1v) is 10.3. The van der Waals surface area contributed by atoms with Crippen LogP contribution in [0.1, 0.15) is 6.92 Å². The number of halogens is 2. The van der Waals surface area contributed by atoms with Gasteiger partial charge in [-0.2, -0.15) is 0 Å². The molecule has 0 spiro atoms. The van der Waals surface area contributed by atoms with Crippen molar-refractivity contribution >= 4 is 38.9 Å². The van der Waals surface area contributed by atoms with E-state index in [1.165, 1.54) is 51.5 Å². The van der Waals surface area contributed by atoms with Gasteiger partial charge in [0.1, 0.15) is 11.9 Å². The normalized spacial score (nSPS) is 12.2. The van der Waals surface area contributed by atoms with E-state index >= 15 is 0 Å². The number of carbonyl (C=O) groups excluding carboxylic acids is 1. The fourth-order valence-corrected chi connectivity index (χ4v) is 3.94. The summed E-state index contributed by atoms with van der Waals surface area (Å²) in [6.07, 6.45) is 0.988. The molecule has 28 heavy (non-hydrogen) atoms. The van der Waals surface area contributed by atoms with Crippen molar-refractivity contribution in [2.75, 3.05) is 30.1 Å². The fraction of sp³-hybridized carbons (Fsp3) is 0.278. The molecule has 0 radical (unpaired) electrons. The molecule has 1 amide bonds. The van der Waals surface area contributed by atoms with E-state index in [1.807, 2.05) is 0 Å². The van der Waals surface area contributed by atoms with Gasteiger partial charge in [-0.1, -0.05) is 11.6 Å². The van der Waals surface area contributed by atoms with Crippen LogP contribution in [0.2, 0.25) is 5.02 Å². The molecule has 1 unspecified atom stereocenters. The second-order valence-electron chi connectivity index (χ2n) is 5.89. The van der Waals surface area contributed by atoms with Crippen molar-refractivity contribution in [2.24, 2.45) is 0 Å². The number of rotatable bonds is 7. The molecule has 2 aromatic carbocycles. The molecular weight excluding hydrogens is 411 g/mol. The van der Waals surface area contributed by atoms with Gasteiger partial charge in [-0.3, -0.25) is 9.10 Å². The topological polar surface area (TPSA) is 84.9 Å². The lowest BCUT2D eigenvalue weighted by molar-refractivity contribution is -0.116. The van der Waals surface area contributed by atoms with Crippen molar-refractivity contribution in [3.05, 3.63) is 47.2 Å². The molecule has 2 aromatic rings. The summed E-state index contributed by atoms with van der Waals surface area (Å²) < 4.78 is 49.4. The van der Waals surface area contributed by atoms with Crippen LogP contribution >= 0.6 is 11.6 Å². The molecule has 152 valence electrons. The highest BCUT2D eigenvalue weighted by atomic mass is 35.5. The monoisotopic (exact) mass is 430 g/mol. The number of sulfonamides is 1. The number of amides is 1. The van der Waals surface area contributed by atoms with E-state index < -0.39 is 27.8 Å². The summed E-state index contributed by atoms with van der Waals surface area (Å²) in [6.45, 7) is 1.43. The third-order valence-corrected chi connectivity index (χ3v) is 5.43. The second kappa shape index (κ2) is 8.66. The molecule has 2 rings (SSSR count). The third-order valence-electron chi connectivity index (χ3n) is 3.90. The van der Waals surface area contributed by atoms with Gasteiger partial charge in [0.05, 0.1) is 31.2 Å². The van der Waals surface area contributed by atoms with Crippen LogP contribution in [0, 0.1) is 5.82 Å². The quantitative estimate of drug-likeness (QED) is 0.728. The Kier molecular flexibility index (Phi) is 6.73. The molecule has 0 saturated heterocycles. The highest BCUT2D eigenvalue weighted by molar-refractivity contribution is 7.92. The number of nitrogens with one attached hydrogen (secondary N) is 1. The smallest absolute Gasteiger partial charge is 0.247 e. The predicted molar refractivity (Wildman–Crippen MR) is 106 cm³/mol. The minimum atomic E-state index is -3.82. The first-order chi connectivity index (χ1) is 13.1. The lowest BCUT2D eigenvalue weighted by atomic mass is 10.2. The van der Waals surface area contributed by atoms with Gasteiger partial charge in [0, 0.05) is 11.8 Å². The SMILES string of the molecule is COc1ccc(N(C(C)C(=O)Nc2ccc(F)c(Cl)c2)S(C)(=O)=O)cc1OC. The minimum Gasteiger partial charge on any atom is -0.493 e. The Hall–Kier alpha value is -2.52. The maximum Gasteiger partial charge on any atom is 0.247 e. The number of benzene rings is 2. The summed E-state index contributed by atoms with van der Waals surface area (Å²) in [7, 11) is -0.952. The highest BCUT2D eigenvalue weighted by Crippen LogP contribution is 2.33. The molecule has 0 aliphatic rings. The van der Waals surface area contributed by atoms with Gasteiger partial charge >= 0.3 is 0 Å². The summed E-state index contributed by atoms with van der Waals surface area (Å²) in [6, 6.07) is 7.05. The third kappa shape index (κ3) is 4.85. The van der Waals surface area contributed by atoms with E-state index in [4.69, 9.17) is 21.1 Å². The second-order valence-corrected chi connectivity index (χ2v) is 8.16. The van der Waals surface area contributed by atoms with Crippen LogP contribution in [-0.2, 0) is 14.8 Å². The van der Waals surface area contributed by atoms with Crippen molar-refractivity contribution in [1.29, 1.82) is 0 Å². The molecule has 0 saturated carbocycles. The van der Waals surface area contributed by atoms with Crippen molar-refractivity contribution < 1.29 is 27.1 Å². The molecule has 0 bridgehead atoms. The zero-order valence-electron chi connectivity index (χ0n) is 15.7. The molecule has 0 aromatic heterocycles. The molecule has 0 aliphatic carbocycles. The minimum absolute atomic E-state index is 0.162. The summed E-state index contributed by atoms with van der Waals surface area (Å²) in [5, 5.41) is 2.37. The number of nitrogens with zero attached hydrogens (tertiary/aromatic N) is 1. The van der Waals surface area contributed by atoms with E-state index in [-0.39, 0.29) is 16.4 Å². The van der Waals surface area contributed by atoms with Gasteiger partial charge in [-0.25, -0.2) is 12.8 Å². The zero-order chi connectivity index (χ0) is 21.1. The van der Waals surface area contributed by atoms with E-state index in [0.717, 1.165) is 16.6 Å². The number of hydrogen-bond acceptors (Lipinski definition) is 5. The molecular formula is C18H20ClFN2O5S. The molecule has 0 heterocycles. The molecule has 1 atom stereocenters. The van der Waals surface area contributed by atoms with Crippen LogP contribution in [0.4, 0.5) is 15.8 Å². The molecule has 10 heteroatoms. The van der Waals surface area contributed by atoms with Crippen molar-refractivity contribution in [3.8, 4) is 11.5 Å². The van der Waals surface area contributed by atoms with Gasteiger partial charge in [0.2, 0.25) is 15.9 Å². The van der Waals surface area contributed by atoms with Crippen LogP contribution in [0.25, 0.3) is 0 Å². The van der Waals surface area contributed by atoms with Crippen LogP contribution in [0.15, 0.2) is 36.4 Å². The lowest BCUT2D eigenvalue weighted by Gasteiger charge is -2.28. The van der Waals surface area contributed by atoms with Crippen LogP contribution < -0.4 is 19.1 Å². The largest absolute Gasteiger partial charge is 0.493 e. The molecule has 0 aliphatic heterocycles. The van der Waals surface area contributed by atoms with Crippen molar-refractivity contribution in [1.82, 2.24) is 0 Å². The van der Waals surface area contributed by atoms with E-state index in [0.29, 0.717) is 11.5 Å². The Balaban J connectivity index is 2.37. The summed E-state index contributed by atoms with van der Waals surface area (Å²) >= 11 is 5.71. The Morgan fingerprint density at radius 2 is 1.79 bits per heavy atom.